The van der Waals surface area contributed by atoms with Gasteiger partial charge in [-0.2, -0.15) is 5.01 Å². The number of hydrazone groups is 1. The quantitative estimate of drug-likeness (QED) is 0.565. The topological polar surface area (TPSA) is 64.0 Å². The molecule has 4 rings (SSSR count). The number of rotatable bonds is 5. The first-order valence-electron chi connectivity index (χ1n) is 9.03. The van der Waals surface area contributed by atoms with Gasteiger partial charge in [-0.3, -0.25) is 9.78 Å². The molecule has 0 radical (unpaired) electrons. The molecule has 29 heavy (non-hydrogen) atoms. The maximum Gasteiger partial charge on any atom is 0.243 e. The first-order chi connectivity index (χ1) is 14.1. The third kappa shape index (κ3) is 4.30. The maximum absolute atomic E-state index is 12.2. The van der Waals surface area contributed by atoms with E-state index in [0.717, 1.165) is 21.2 Å². The van der Waals surface area contributed by atoms with E-state index in [4.69, 9.17) is 9.47 Å². The Labute approximate surface area is 176 Å². The highest BCUT2D eigenvalue weighted by Gasteiger charge is 2.34. The van der Waals surface area contributed by atoms with Crippen LogP contribution in [0.1, 0.15) is 29.8 Å². The third-order valence-electron chi connectivity index (χ3n) is 4.36. The zero-order chi connectivity index (χ0) is 20.2. The number of pyridine rings is 1. The number of halogens is 1. The lowest BCUT2D eigenvalue weighted by Crippen LogP contribution is -2.25. The standard InChI is InChI=1S/C22H18BrN3O3/c1-15(27)26-22(29-21(25-26)17-9-11-24-12-10-17)19-7-2-3-8-20(19)28-14-16-5-4-6-18(23)13-16/h2-13,22H,14H2,1H3/t22-/m1/s1. The van der Waals surface area contributed by atoms with Crippen LogP contribution in [0.4, 0.5) is 0 Å². The summed E-state index contributed by atoms with van der Waals surface area (Å²) in [5.41, 5.74) is 2.51. The van der Waals surface area contributed by atoms with Gasteiger partial charge < -0.3 is 9.47 Å². The predicted molar refractivity (Wildman–Crippen MR) is 112 cm³/mol. The van der Waals surface area contributed by atoms with Gasteiger partial charge >= 0.3 is 0 Å². The molecule has 2 heterocycles. The zero-order valence-electron chi connectivity index (χ0n) is 15.7. The summed E-state index contributed by atoms with van der Waals surface area (Å²) in [5.74, 6) is 0.783. The van der Waals surface area contributed by atoms with Crippen LogP contribution in [0.5, 0.6) is 5.75 Å². The number of benzene rings is 2. The lowest BCUT2D eigenvalue weighted by atomic mass is 10.1. The summed E-state index contributed by atoms with van der Waals surface area (Å²) >= 11 is 3.47. The first-order valence-corrected chi connectivity index (χ1v) is 9.83. The van der Waals surface area contributed by atoms with Gasteiger partial charge in [0, 0.05) is 29.4 Å². The number of hydrogen-bond donors (Lipinski definition) is 0. The van der Waals surface area contributed by atoms with E-state index in [0.29, 0.717) is 18.3 Å². The Kier molecular flexibility index (Phi) is 5.57. The van der Waals surface area contributed by atoms with Crippen molar-refractivity contribution in [1.29, 1.82) is 0 Å². The number of hydrogen-bond acceptors (Lipinski definition) is 5. The van der Waals surface area contributed by atoms with Gasteiger partial charge in [0.05, 0.1) is 5.56 Å². The molecule has 2 aromatic carbocycles. The van der Waals surface area contributed by atoms with E-state index in [1.54, 1.807) is 24.5 Å². The molecule has 0 spiro atoms. The average Bonchev–Trinajstić information content (AvgIpc) is 3.19. The lowest BCUT2D eigenvalue weighted by molar-refractivity contribution is -0.135. The molecule has 0 N–H and O–H groups in total. The minimum atomic E-state index is -0.700. The predicted octanol–water partition coefficient (Wildman–Crippen LogP) is 4.66. The number of amides is 1. The fourth-order valence-electron chi connectivity index (χ4n) is 2.98. The molecule has 0 fully saturated rings. The van der Waals surface area contributed by atoms with Crippen molar-refractivity contribution in [3.63, 3.8) is 0 Å². The fourth-order valence-corrected chi connectivity index (χ4v) is 3.43. The molecular weight excluding hydrogens is 434 g/mol. The van der Waals surface area contributed by atoms with Crippen molar-refractivity contribution < 1.29 is 14.3 Å². The smallest absolute Gasteiger partial charge is 0.243 e. The van der Waals surface area contributed by atoms with Crippen molar-refractivity contribution in [3.8, 4) is 5.75 Å². The second-order valence-corrected chi connectivity index (χ2v) is 7.35. The summed E-state index contributed by atoms with van der Waals surface area (Å²) in [7, 11) is 0. The van der Waals surface area contributed by atoms with Crippen molar-refractivity contribution in [2.45, 2.75) is 19.8 Å². The number of ether oxygens (including phenoxy) is 2. The zero-order valence-corrected chi connectivity index (χ0v) is 17.2. The van der Waals surface area contributed by atoms with Crippen LogP contribution in [-0.4, -0.2) is 21.8 Å². The van der Waals surface area contributed by atoms with Crippen molar-refractivity contribution in [2.75, 3.05) is 0 Å². The van der Waals surface area contributed by atoms with E-state index in [2.05, 4.69) is 26.0 Å². The summed E-state index contributed by atoms with van der Waals surface area (Å²) in [6.45, 7) is 1.85. The third-order valence-corrected chi connectivity index (χ3v) is 4.86. The van der Waals surface area contributed by atoms with Crippen molar-refractivity contribution in [1.82, 2.24) is 9.99 Å². The van der Waals surface area contributed by atoms with Gasteiger partial charge in [-0.25, -0.2) is 0 Å². The van der Waals surface area contributed by atoms with E-state index >= 15 is 0 Å². The highest BCUT2D eigenvalue weighted by molar-refractivity contribution is 9.10. The van der Waals surface area contributed by atoms with Crippen LogP contribution in [0.25, 0.3) is 0 Å². The number of carbonyl (C=O) groups excluding carboxylic acids is 1. The normalized spacial score (nSPS) is 15.6. The van der Waals surface area contributed by atoms with Gasteiger partial charge in [0.2, 0.25) is 18.0 Å². The van der Waals surface area contributed by atoms with Crippen molar-refractivity contribution >= 4 is 27.7 Å². The van der Waals surface area contributed by atoms with Gasteiger partial charge in [-0.05, 0) is 42.0 Å². The number of para-hydroxylation sites is 1. The maximum atomic E-state index is 12.2. The average molecular weight is 452 g/mol. The summed E-state index contributed by atoms with van der Waals surface area (Å²) < 4.78 is 13.1. The Bertz CT molecular complexity index is 1060. The van der Waals surface area contributed by atoms with Gasteiger partial charge in [0.15, 0.2) is 0 Å². The molecule has 0 aliphatic carbocycles. The fraction of sp³-hybridized carbons (Fsp3) is 0.136. The Morgan fingerprint density at radius 3 is 2.69 bits per heavy atom. The Morgan fingerprint density at radius 1 is 1.14 bits per heavy atom. The molecule has 0 saturated carbocycles. The highest BCUT2D eigenvalue weighted by Crippen LogP contribution is 2.35. The molecule has 0 bridgehead atoms. The van der Waals surface area contributed by atoms with Crippen LogP contribution in [0.3, 0.4) is 0 Å². The SMILES string of the molecule is CC(=O)N1N=C(c2ccncc2)O[C@@H]1c1ccccc1OCc1cccc(Br)c1. The molecule has 1 aliphatic rings. The van der Waals surface area contributed by atoms with E-state index in [9.17, 15) is 4.79 Å². The molecule has 0 saturated heterocycles. The van der Waals surface area contributed by atoms with E-state index in [1.807, 2.05) is 48.5 Å². The number of nitrogens with zero attached hydrogens (tertiary/aromatic N) is 3. The van der Waals surface area contributed by atoms with Crippen LogP contribution < -0.4 is 4.74 Å². The molecule has 1 aliphatic heterocycles. The van der Waals surface area contributed by atoms with E-state index in [1.165, 1.54) is 11.9 Å². The lowest BCUT2D eigenvalue weighted by Gasteiger charge is -2.22. The van der Waals surface area contributed by atoms with Crippen molar-refractivity contribution in [2.24, 2.45) is 5.10 Å². The number of carbonyl (C=O) groups is 1. The molecule has 3 aromatic rings. The highest BCUT2D eigenvalue weighted by atomic mass is 79.9. The summed E-state index contributed by atoms with van der Waals surface area (Å²) in [6.07, 6.45) is 2.61. The molecular formula is C22H18BrN3O3. The Hall–Kier alpha value is -3.19. The van der Waals surface area contributed by atoms with Crippen molar-refractivity contribution in [3.05, 3.63) is 94.2 Å². The Morgan fingerprint density at radius 2 is 1.93 bits per heavy atom. The number of aromatic nitrogens is 1. The largest absolute Gasteiger partial charge is 0.488 e. The molecule has 6 nitrogen and oxygen atoms in total. The van der Waals surface area contributed by atoms with E-state index in [-0.39, 0.29) is 5.91 Å². The van der Waals surface area contributed by atoms with Gasteiger partial charge in [0.25, 0.3) is 0 Å². The second-order valence-electron chi connectivity index (χ2n) is 6.43. The van der Waals surface area contributed by atoms with Crippen LogP contribution in [0.15, 0.2) is 82.6 Å². The first kappa shape index (κ1) is 19.1. The molecule has 1 amide bonds. The van der Waals surface area contributed by atoms with Crippen LogP contribution in [0.2, 0.25) is 0 Å². The van der Waals surface area contributed by atoms with Gasteiger partial charge in [0.1, 0.15) is 12.4 Å². The monoisotopic (exact) mass is 451 g/mol. The van der Waals surface area contributed by atoms with Crippen LogP contribution in [0, 0.1) is 0 Å². The minimum Gasteiger partial charge on any atom is -0.488 e. The molecule has 1 atom stereocenters. The second kappa shape index (κ2) is 8.45. The van der Waals surface area contributed by atoms with Gasteiger partial charge in [-0.1, -0.05) is 40.2 Å². The Balaban J connectivity index is 1.60. The molecule has 0 unspecified atom stereocenters. The van der Waals surface area contributed by atoms with Gasteiger partial charge in [-0.15, -0.1) is 5.10 Å². The van der Waals surface area contributed by atoms with Crippen LogP contribution in [-0.2, 0) is 16.1 Å². The summed E-state index contributed by atoms with van der Waals surface area (Å²) in [4.78, 5) is 16.2. The minimum absolute atomic E-state index is 0.221. The molecule has 1 aromatic heterocycles. The van der Waals surface area contributed by atoms with E-state index < -0.39 is 6.23 Å². The summed E-state index contributed by atoms with van der Waals surface area (Å²) in [5, 5.41) is 5.71. The molecule has 7 heteroatoms. The molecule has 146 valence electrons. The van der Waals surface area contributed by atoms with Crippen LogP contribution >= 0.6 is 15.9 Å². The summed E-state index contributed by atoms with van der Waals surface area (Å²) in [6, 6.07) is 19.0.